The Hall–Kier alpha value is -2.32. The van der Waals surface area contributed by atoms with Crippen LogP contribution in [0.2, 0.25) is 0 Å². The monoisotopic (exact) mass is 420 g/mol. The van der Waals surface area contributed by atoms with Crippen LogP contribution in [0.25, 0.3) is 0 Å². The van der Waals surface area contributed by atoms with Gasteiger partial charge in [0.2, 0.25) is 10.8 Å². The molecular formula is C20H18F6O3. The molecule has 0 aromatic heterocycles. The minimum atomic E-state index is -5.26. The summed E-state index contributed by atoms with van der Waals surface area (Å²) in [6.45, 7) is 9.89. The average Bonchev–Trinajstić information content (AvgIpc) is 2.55. The van der Waals surface area contributed by atoms with Crippen molar-refractivity contribution < 1.29 is 40.7 Å². The molecule has 0 aromatic carbocycles. The summed E-state index contributed by atoms with van der Waals surface area (Å²) < 4.78 is 88.4. The first-order valence-electron chi connectivity index (χ1n) is 8.80. The van der Waals surface area contributed by atoms with E-state index in [9.17, 15) is 35.9 Å². The molecule has 1 fully saturated rings. The van der Waals surface area contributed by atoms with E-state index in [0.29, 0.717) is 12.2 Å². The zero-order valence-corrected chi connectivity index (χ0v) is 15.5. The van der Waals surface area contributed by atoms with Crippen molar-refractivity contribution in [2.75, 3.05) is 0 Å². The number of rotatable bonds is 0. The van der Waals surface area contributed by atoms with Crippen molar-refractivity contribution in [3.63, 3.8) is 0 Å². The van der Waals surface area contributed by atoms with Gasteiger partial charge >= 0.3 is 24.3 Å². The molecular weight excluding hydrogens is 402 g/mol. The number of halogens is 6. The molecule has 4 aliphatic rings. The molecule has 3 nitrogen and oxygen atoms in total. The molecule has 2 heterocycles. The highest BCUT2D eigenvalue weighted by molar-refractivity contribution is 5.98. The molecule has 4 rings (SSSR count). The van der Waals surface area contributed by atoms with Crippen molar-refractivity contribution in [2.45, 2.75) is 26.2 Å². The minimum absolute atomic E-state index is 0.533. The molecule has 0 amide bonds. The summed E-state index contributed by atoms with van der Waals surface area (Å²) in [7, 11) is 0. The van der Waals surface area contributed by atoms with Crippen LogP contribution < -0.4 is 0 Å². The Morgan fingerprint density at radius 1 is 0.862 bits per heavy atom. The molecule has 6 unspecified atom stereocenters. The highest BCUT2D eigenvalue weighted by Crippen LogP contribution is 2.60. The van der Waals surface area contributed by atoms with Crippen LogP contribution in [0, 0.1) is 34.5 Å². The molecule has 9 heteroatoms. The van der Waals surface area contributed by atoms with E-state index < -0.39 is 69.9 Å². The largest absolute Gasteiger partial charge is 0.412 e. The molecule has 0 radical (unpaired) electrons. The lowest BCUT2D eigenvalue weighted by Gasteiger charge is -2.49. The Balaban J connectivity index is 2.36. The first-order chi connectivity index (χ1) is 13.1. The van der Waals surface area contributed by atoms with Gasteiger partial charge in [-0.1, -0.05) is 51.3 Å². The molecule has 2 aliphatic heterocycles. The van der Waals surface area contributed by atoms with Crippen LogP contribution in [-0.2, 0) is 14.3 Å². The normalized spacial score (nSPS) is 40.3. The molecule has 0 saturated carbocycles. The van der Waals surface area contributed by atoms with Crippen molar-refractivity contribution in [2.24, 2.45) is 34.5 Å². The van der Waals surface area contributed by atoms with E-state index in [-0.39, 0.29) is 0 Å². The third-order valence-electron chi connectivity index (χ3n) is 6.47. The van der Waals surface area contributed by atoms with Crippen molar-refractivity contribution in [3.8, 4) is 0 Å². The molecule has 29 heavy (non-hydrogen) atoms. The van der Waals surface area contributed by atoms with Crippen LogP contribution in [0.15, 0.2) is 48.6 Å². The standard InChI is InChI=1S/C20H18F6O3/c1-9-5-7-18(20(24,25)26)12(4)14(9)13-6-8-17(19(21,22)23,11(3)10(13)2)15(27)29-16(18)28/h5-10,13-14H,3-4H2,1-2H3. The number of hydrogen-bond acceptors (Lipinski definition) is 3. The minimum Gasteiger partial charge on any atom is -0.391 e. The number of fused-ring (bicyclic) bond motifs is 3. The lowest BCUT2D eigenvalue weighted by atomic mass is 9.56. The lowest BCUT2D eigenvalue weighted by Crippen LogP contribution is -2.57. The maximum atomic E-state index is 14.1. The van der Waals surface area contributed by atoms with Crippen LogP contribution in [0.1, 0.15) is 13.8 Å². The maximum absolute atomic E-state index is 14.1. The van der Waals surface area contributed by atoms with Gasteiger partial charge in [0.1, 0.15) is 0 Å². The summed E-state index contributed by atoms with van der Waals surface area (Å²) in [6.07, 6.45) is -7.19. The van der Waals surface area contributed by atoms with Gasteiger partial charge in [-0.05, 0) is 34.8 Å². The van der Waals surface area contributed by atoms with Crippen molar-refractivity contribution >= 4 is 11.9 Å². The zero-order valence-electron chi connectivity index (χ0n) is 15.5. The van der Waals surface area contributed by atoms with Gasteiger partial charge in [-0.3, -0.25) is 0 Å². The first-order valence-corrected chi connectivity index (χ1v) is 8.80. The first kappa shape index (κ1) is 21.4. The van der Waals surface area contributed by atoms with Gasteiger partial charge in [-0.2, -0.15) is 26.3 Å². The van der Waals surface area contributed by atoms with E-state index >= 15 is 0 Å². The molecule has 0 aromatic rings. The van der Waals surface area contributed by atoms with E-state index in [1.807, 2.05) is 0 Å². The molecule has 2 aliphatic carbocycles. The van der Waals surface area contributed by atoms with E-state index in [4.69, 9.17) is 0 Å². The van der Waals surface area contributed by atoms with Crippen LogP contribution >= 0.6 is 0 Å². The summed E-state index contributed by atoms with van der Waals surface area (Å²) in [5, 5.41) is 0. The molecule has 6 atom stereocenters. The molecule has 0 spiro atoms. The Morgan fingerprint density at radius 3 is 1.79 bits per heavy atom. The Morgan fingerprint density at radius 2 is 1.31 bits per heavy atom. The van der Waals surface area contributed by atoms with Gasteiger partial charge in [0, 0.05) is 0 Å². The van der Waals surface area contributed by atoms with E-state index in [1.165, 1.54) is 6.92 Å². The Kier molecular flexibility index (Phi) is 4.49. The summed E-state index contributed by atoms with van der Waals surface area (Å²) >= 11 is 0. The Bertz CT molecular complexity index is 864. The number of hydrogen-bond donors (Lipinski definition) is 0. The molecule has 158 valence electrons. The molecule has 0 N–H and O–H groups in total. The van der Waals surface area contributed by atoms with Gasteiger partial charge in [-0.25, -0.2) is 9.59 Å². The second kappa shape index (κ2) is 6.09. The van der Waals surface area contributed by atoms with Gasteiger partial charge in [0.25, 0.3) is 0 Å². The summed E-state index contributed by atoms with van der Waals surface area (Å²) in [5.74, 6) is -7.75. The SMILES string of the molecule is C=C1C(C)C2C=CC1(C(F)(F)F)C(=O)OC(=O)C1(C(F)(F)F)C=CC(C)C2C1=C. The third kappa shape index (κ3) is 2.51. The second-order valence-corrected chi connectivity index (χ2v) is 7.81. The van der Waals surface area contributed by atoms with Gasteiger partial charge in [0.05, 0.1) is 0 Å². The predicted octanol–water partition coefficient (Wildman–Crippen LogP) is 4.92. The van der Waals surface area contributed by atoms with Crippen LogP contribution in [-0.4, -0.2) is 24.3 Å². The number of carbonyl (C=O) groups excluding carboxylic acids is 2. The number of esters is 2. The van der Waals surface area contributed by atoms with Gasteiger partial charge in [-0.15, -0.1) is 0 Å². The average molecular weight is 420 g/mol. The quantitative estimate of drug-likeness (QED) is 0.242. The zero-order chi connectivity index (χ0) is 22.2. The van der Waals surface area contributed by atoms with E-state index in [1.54, 1.807) is 6.92 Å². The fraction of sp³-hybridized carbons (Fsp3) is 0.500. The summed E-state index contributed by atoms with van der Waals surface area (Å²) in [5.41, 5.74) is -7.94. The van der Waals surface area contributed by atoms with Crippen molar-refractivity contribution in [3.05, 3.63) is 48.6 Å². The fourth-order valence-electron chi connectivity index (χ4n) is 4.67. The highest BCUT2D eigenvalue weighted by Gasteiger charge is 2.70. The number of allylic oxidation sites excluding steroid dienone is 2. The van der Waals surface area contributed by atoms with Crippen LogP contribution in [0.3, 0.4) is 0 Å². The third-order valence-corrected chi connectivity index (χ3v) is 6.47. The van der Waals surface area contributed by atoms with E-state index in [0.717, 1.165) is 12.2 Å². The van der Waals surface area contributed by atoms with Crippen LogP contribution in [0.4, 0.5) is 26.3 Å². The maximum Gasteiger partial charge on any atom is 0.412 e. The number of carbonyl (C=O) groups is 2. The highest BCUT2D eigenvalue weighted by atomic mass is 19.4. The van der Waals surface area contributed by atoms with E-state index in [2.05, 4.69) is 17.9 Å². The number of alkyl halides is 6. The Labute approximate surface area is 162 Å². The van der Waals surface area contributed by atoms with Gasteiger partial charge in [0.15, 0.2) is 0 Å². The smallest absolute Gasteiger partial charge is 0.391 e. The van der Waals surface area contributed by atoms with Crippen molar-refractivity contribution in [1.29, 1.82) is 0 Å². The van der Waals surface area contributed by atoms with Crippen LogP contribution in [0.5, 0.6) is 0 Å². The summed E-state index contributed by atoms with van der Waals surface area (Å²) in [4.78, 5) is 25.1. The van der Waals surface area contributed by atoms with Gasteiger partial charge < -0.3 is 4.74 Å². The second-order valence-electron chi connectivity index (χ2n) is 7.81. The summed E-state index contributed by atoms with van der Waals surface area (Å²) in [6, 6.07) is 0. The predicted molar refractivity (Wildman–Crippen MR) is 89.9 cm³/mol. The number of ether oxygens (including phenoxy) is 1. The molecule has 1 saturated heterocycles. The van der Waals surface area contributed by atoms with Crippen molar-refractivity contribution in [1.82, 2.24) is 0 Å². The topological polar surface area (TPSA) is 43.4 Å². The molecule has 4 bridgehead atoms. The lowest BCUT2D eigenvalue weighted by molar-refractivity contribution is -0.228. The fourth-order valence-corrected chi connectivity index (χ4v) is 4.67.